The molecule has 0 aliphatic rings. The van der Waals surface area contributed by atoms with Crippen LogP contribution in [-0.4, -0.2) is 21.6 Å². The van der Waals surface area contributed by atoms with Gasteiger partial charge >= 0.3 is 6.61 Å². The Balaban J connectivity index is 1.98. The van der Waals surface area contributed by atoms with Crippen molar-refractivity contribution >= 4 is 5.82 Å². The maximum absolute atomic E-state index is 12.0. The number of hydrogen-bond acceptors (Lipinski definition) is 5. The second-order valence-corrected chi connectivity index (χ2v) is 4.36. The van der Waals surface area contributed by atoms with Gasteiger partial charge in [-0.05, 0) is 25.5 Å². The van der Waals surface area contributed by atoms with Gasteiger partial charge in [-0.3, -0.25) is 4.98 Å². The number of hydrogen-bond donors (Lipinski definition) is 1. The van der Waals surface area contributed by atoms with E-state index >= 15 is 0 Å². The summed E-state index contributed by atoms with van der Waals surface area (Å²) in [7, 11) is 0. The molecule has 0 atom stereocenters. The van der Waals surface area contributed by atoms with Gasteiger partial charge in [0.05, 0.1) is 18.4 Å². The van der Waals surface area contributed by atoms with E-state index in [9.17, 15) is 8.78 Å². The topological polar surface area (TPSA) is 59.9 Å². The lowest BCUT2D eigenvalue weighted by atomic mass is 10.3. The van der Waals surface area contributed by atoms with Crippen molar-refractivity contribution in [2.75, 3.05) is 5.32 Å². The molecule has 0 saturated carbocycles. The number of aromatic nitrogens is 3. The first-order chi connectivity index (χ1) is 10.1. The Morgan fingerprint density at radius 2 is 2.05 bits per heavy atom. The van der Waals surface area contributed by atoms with Crippen molar-refractivity contribution in [2.24, 2.45) is 0 Å². The number of pyridine rings is 1. The second kappa shape index (κ2) is 6.92. The molecule has 0 radical (unpaired) electrons. The Hall–Kier alpha value is -2.31. The van der Waals surface area contributed by atoms with Crippen molar-refractivity contribution in [1.29, 1.82) is 0 Å². The zero-order valence-corrected chi connectivity index (χ0v) is 11.8. The van der Waals surface area contributed by atoms with Crippen LogP contribution in [0.1, 0.15) is 24.1 Å². The van der Waals surface area contributed by atoms with Crippen LogP contribution < -0.4 is 10.1 Å². The minimum absolute atomic E-state index is 0.0416. The van der Waals surface area contributed by atoms with E-state index in [-0.39, 0.29) is 5.75 Å². The monoisotopic (exact) mass is 294 g/mol. The predicted molar refractivity (Wildman–Crippen MR) is 74.3 cm³/mol. The van der Waals surface area contributed by atoms with E-state index in [0.29, 0.717) is 23.9 Å². The van der Waals surface area contributed by atoms with Gasteiger partial charge in [-0.2, -0.15) is 8.78 Å². The van der Waals surface area contributed by atoms with E-state index in [4.69, 9.17) is 0 Å². The molecule has 0 aromatic carbocycles. The van der Waals surface area contributed by atoms with Crippen molar-refractivity contribution in [2.45, 2.75) is 33.4 Å². The molecule has 5 nitrogen and oxygen atoms in total. The number of alkyl halides is 2. The SMILES string of the molecule is CCc1cc(NCc2ccc(OC(F)F)cn2)nc(C)n1. The molecule has 1 N–H and O–H groups in total. The van der Waals surface area contributed by atoms with Crippen LogP contribution in [0.5, 0.6) is 5.75 Å². The van der Waals surface area contributed by atoms with Crippen LogP contribution in [0.15, 0.2) is 24.4 Å². The lowest BCUT2D eigenvalue weighted by molar-refractivity contribution is -0.0500. The lowest BCUT2D eigenvalue weighted by Gasteiger charge is -2.08. The van der Waals surface area contributed by atoms with Gasteiger partial charge in [0, 0.05) is 11.8 Å². The lowest BCUT2D eigenvalue weighted by Crippen LogP contribution is -2.07. The third-order valence-corrected chi connectivity index (χ3v) is 2.73. The Kier molecular flexibility index (Phi) is 4.97. The van der Waals surface area contributed by atoms with Gasteiger partial charge in [-0.1, -0.05) is 6.92 Å². The molecule has 0 bridgehead atoms. The third kappa shape index (κ3) is 4.62. The zero-order chi connectivity index (χ0) is 15.2. The van der Waals surface area contributed by atoms with E-state index in [2.05, 4.69) is 25.0 Å². The van der Waals surface area contributed by atoms with Gasteiger partial charge in [-0.25, -0.2) is 9.97 Å². The highest BCUT2D eigenvalue weighted by Crippen LogP contribution is 2.13. The van der Waals surface area contributed by atoms with Gasteiger partial charge in [-0.15, -0.1) is 0 Å². The van der Waals surface area contributed by atoms with E-state index in [0.717, 1.165) is 12.1 Å². The number of ether oxygens (including phenoxy) is 1. The Morgan fingerprint density at radius 3 is 2.67 bits per heavy atom. The van der Waals surface area contributed by atoms with Crippen LogP contribution in [-0.2, 0) is 13.0 Å². The average Bonchev–Trinajstić information content (AvgIpc) is 2.45. The summed E-state index contributed by atoms with van der Waals surface area (Å²) in [6.45, 7) is 1.45. The van der Waals surface area contributed by atoms with Gasteiger partial charge in [0.25, 0.3) is 0 Å². The zero-order valence-electron chi connectivity index (χ0n) is 11.8. The molecule has 112 valence electrons. The molecule has 0 saturated heterocycles. The Morgan fingerprint density at radius 1 is 1.24 bits per heavy atom. The van der Waals surface area contributed by atoms with Gasteiger partial charge < -0.3 is 10.1 Å². The average molecular weight is 294 g/mol. The quantitative estimate of drug-likeness (QED) is 0.887. The molecule has 0 amide bonds. The smallest absolute Gasteiger partial charge is 0.387 e. The fourth-order valence-corrected chi connectivity index (χ4v) is 1.77. The van der Waals surface area contributed by atoms with Crippen LogP contribution in [0.25, 0.3) is 0 Å². The van der Waals surface area contributed by atoms with Crippen LogP contribution in [0.2, 0.25) is 0 Å². The van der Waals surface area contributed by atoms with Crippen molar-refractivity contribution in [3.8, 4) is 5.75 Å². The number of aryl methyl sites for hydroxylation is 2. The molecular weight excluding hydrogens is 278 g/mol. The molecule has 0 unspecified atom stereocenters. The van der Waals surface area contributed by atoms with Crippen molar-refractivity contribution in [3.63, 3.8) is 0 Å². The summed E-state index contributed by atoms with van der Waals surface area (Å²) in [5.74, 6) is 1.46. The highest BCUT2D eigenvalue weighted by Gasteiger charge is 2.05. The second-order valence-electron chi connectivity index (χ2n) is 4.36. The van der Waals surface area contributed by atoms with Crippen molar-refractivity contribution in [1.82, 2.24) is 15.0 Å². The highest BCUT2D eigenvalue weighted by atomic mass is 19.3. The van der Waals surface area contributed by atoms with Gasteiger partial charge in [0.1, 0.15) is 17.4 Å². The maximum Gasteiger partial charge on any atom is 0.387 e. The van der Waals surface area contributed by atoms with E-state index in [1.165, 1.54) is 12.3 Å². The summed E-state index contributed by atoms with van der Waals surface area (Å²) in [6.07, 6.45) is 2.10. The standard InChI is InChI=1S/C14H16F2N4O/c1-3-10-6-13(20-9(2)19-10)18-7-11-4-5-12(8-17-11)21-14(15)16/h4-6,8,14H,3,7H2,1-2H3,(H,18,19,20). The molecule has 2 rings (SSSR count). The normalized spacial score (nSPS) is 10.7. The largest absolute Gasteiger partial charge is 0.433 e. The van der Waals surface area contributed by atoms with Crippen LogP contribution in [0.4, 0.5) is 14.6 Å². The first kappa shape index (κ1) is 15.1. The summed E-state index contributed by atoms with van der Waals surface area (Å²) in [4.78, 5) is 12.6. The predicted octanol–water partition coefficient (Wildman–Crippen LogP) is 2.96. The molecule has 2 heterocycles. The summed E-state index contributed by atoms with van der Waals surface area (Å²) in [5.41, 5.74) is 1.66. The number of anilines is 1. The minimum Gasteiger partial charge on any atom is -0.433 e. The fourth-order valence-electron chi connectivity index (χ4n) is 1.77. The first-order valence-electron chi connectivity index (χ1n) is 6.55. The van der Waals surface area contributed by atoms with E-state index in [1.54, 1.807) is 6.07 Å². The molecule has 7 heteroatoms. The molecule has 0 spiro atoms. The van der Waals surface area contributed by atoms with E-state index < -0.39 is 6.61 Å². The van der Waals surface area contributed by atoms with Crippen molar-refractivity contribution < 1.29 is 13.5 Å². The summed E-state index contributed by atoms with van der Waals surface area (Å²) in [5, 5.41) is 3.13. The summed E-state index contributed by atoms with van der Waals surface area (Å²) in [6, 6.07) is 4.96. The summed E-state index contributed by atoms with van der Waals surface area (Å²) >= 11 is 0. The molecule has 21 heavy (non-hydrogen) atoms. The molecule has 2 aromatic heterocycles. The number of halogens is 2. The molecule has 0 fully saturated rings. The number of nitrogens with zero attached hydrogens (tertiary/aromatic N) is 3. The molecular formula is C14H16F2N4O. The molecule has 2 aromatic rings. The maximum atomic E-state index is 12.0. The van der Waals surface area contributed by atoms with E-state index in [1.807, 2.05) is 19.9 Å². The molecule has 0 aliphatic heterocycles. The summed E-state index contributed by atoms with van der Waals surface area (Å²) < 4.78 is 28.3. The van der Waals surface area contributed by atoms with Crippen LogP contribution in [0, 0.1) is 6.92 Å². The van der Waals surface area contributed by atoms with Gasteiger partial charge in [0.15, 0.2) is 0 Å². The van der Waals surface area contributed by atoms with Crippen LogP contribution in [0.3, 0.4) is 0 Å². The fraction of sp³-hybridized carbons (Fsp3) is 0.357. The Bertz CT molecular complexity index is 590. The van der Waals surface area contributed by atoms with Crippen molar-refractivity contribution in [3.05, 3.63) is 41.6 Å². The number of nitrogens with one attached hydrogen (secondary N) is 1. The molecule has 0 aliphatic carbocycles. The first-order valence-corrected chi connectivity index (χ1v) is 6.55. The van der Waals surface area contributed by atoms with Crippen LogP contribution >= 0.6 is 0 Å². The highest BCUT2D eigenvalue weighted by molar-refractivity contribution is 5.36. The van der Waals surface area contributed by atoms with Gasteiger partial charge in [0.2, 0.25) is 0 Å². The number of rotatable bonds is 6. The third-order valence-electron chi connectivity index (χ3n) is 2.73. The Labute approximate surface area is 121 Å². The minimum atomic E-state index is -2.84.